The van der Waals surface area contributed by atoms with Crippen LogP contribution in [-0.4, -0.2) is 50.2 Å². The Hall–Kier alpha value is -5.38. The number of benzene rings is 4. The number of methoxy groups -OCH3 is 4. The highest BCUT2D eigenvalue weighted by atomic mass is 16.5. The third-order valence-electron chi connectivity index (χ3n) is 8.12. The molecule has 0 unspecified atom stereocenters. The number of carbonyl (C=O) groups is 2. The van der Waals surface area contributed by atoms with E-state index in [9.17, 15) is 19.8 Å². The van der Waals surface area contributed by atoms with Gasteiger partial charge in [-0.15, -0.1) is 0 Å². The molecule has 0 spiro atoms. The summed E-state index contributed by atoms with van der Waals surface area (Å²) in [6.07, 6.45) is -1.99. The van der Waals surface area contributed by atoms with Gasteiger partial charge in [0.2, 0.25) is 0 Å². The lowest BCUT2D eigenvalue weighted by Crippen LogP contribution is -2.45. The molecule has 0 amide bonds. The van der Waals surface area contributed by atoms with Crippen molar-refractivity contribution < 1.29 is 48.2 Å². The van der Waals surface area contributed by atoms with E-state index in [1.165, 1.54) is 38.5 Å². The molecule has 226 valence electrons. The first kappa shape index (κ1) is 28.7. The van der Waals surface area contributed by atoms with Crippen molar-refractivity contribution in [2.24, 2.45) is 11.8 Å². The number of hydrogen-bond acceptors (Lipinski definition) is 10. The molecule has 6 rings (SSSR count). The van der Waals surface area contributed by atoms with Gasteiger partial charge in [-0.25, -0.2) is 0 Å². The Balaban J connectivity index is 1.57. The smallest absolute Gasteiger partial charge is 0.178 e. The van der Waals surface area contributed by atoms with Crippen molar-refractivity contribution in [1.29, 1.82) is 0 Å². The first-order chi connectivity index (χ1) is 21.3. The number of aromatic hydroxyl groups is 2. The van der Waals surface area contributed by atoms with Crippen LogP contribution in [-0.2, 0) is 0 Å². The Labute approximate surface area is 253 Å². The molecule has 4 aromatic rings. The number of phenolic OH excluding ortho intramolecular Hbond substituents is 2. The van der Waals surface area contributed by atoms with E-state index in [2.05, 4.69) is 0 Å². The first-order valence-electron chi connectivity index (χ1n) is 13.8. The second kappa shape index (κ2) is 11.4. The predicted molar refractivity (Wildman–Crippen MR) is 158 cm³/mol. The van der Waals surface area contributed by atoms with Crippen LogP contribution in [0.5, 0.6) is 46.0 Å². The van der Waals surface area contributed by atoms with Crippen LogP contribution < -0.4 is 28.4 Å². The SMILES string of the molecule is COc1ccc([C@H]2Oc3cc(OC)cc(O)c3C(=O)[C@@H]2[C@@H]2C(=O)c3c(O)cc(OC)cc3O[C@H]2c2ccc(OC)cc2)cc1. The number of fused-ring (bicyclic) bond motifs is 2. The topological polar surface area (TPSA) is 130 Å². The maximum Gasteiger partial charge on any atom is 0.178 e. The van der Waals surface area contributed by atoms with Gasteiger partial charge in [-0.1, -0.05) is 24.3 Å². The summed E-state index contributed by atoms with van der Waals surface area (Å²) in [5, 5.41) is 21.9. The van der Waals surface area contributed by atoms with Gasteiger partial charge in [-0.3, -0.25) is 9.59 Å². The van der Waals surface area contributed by atoms with Crippen molar-refractivity contribution in [3.63, 3.8) is 0 Å². The van der Waals surface area contributed by atoms with Gasteiger partial charge >= 0.3 is 0 Å². The molecule has 4 aromatic carbocycles. The van der Waals surface area contributed by atoms with E-state index in [0.29, 0.717) is 34.1 Å². The normalized spacial score (nSPS) is 20.5. The van der Waals surface area contributed by atoms with Gasteiger partial charge in [0.25, 0.3) is 0 Å². The van der Waals surface area contributed by atoms with E-state index >= 15 is 0 Å². The Morgan fingerprint density at radius 2 is 0.864 bits per heavy atom. The van der Waals surface area contributed by atoms with Gasteiger partial charge in [0, 0.05) is 24.3 Å². The average molecular weight is 599 g/mol. The van der Waals surface area contributed by atoms with Crippen molar-refractivity contribution in [2.45, 2.75) is 12.2 Å². The van der Waals surface area contributed by atoms with Crippen LogP contribution in [0.4, 0.5) is 0 Å². The summed E-state index contributed by atoms with van der Waals surface area (Å²) < 4.78 is 34.2. The molecular formula is C34H30O10. The van der Waals surface area contributed by atoms with Crippen molar-refractivity contribution in [1.82, 2.24) is 0 Å². The fourth-order valence-corrected chi connectivity index (χ4v) is 5.94. The number of rotatable bonds is 7. The fourth-order valence-electron chi connectivity index (χ4n) is 5.94. The summed E-state index contributed by atoms with van der Waals surface area (Å²) in [5.74, 6) is -2.13. The summed E-state index contributed by atoms with van der Waals surface area (Å²) in [4.78, 5) is 29.1. The van der Waals surface area contributed by atoms with Gasteiger partial charge in [-0.05, 0) is 35.4 Å². The summed E-state index contributed by atoms with van der Waals surface area (Å²) in [6.45, 7) is 0. The van der Waals surface area contributed by atoms with Gasteiger partial charge < -0.3 is 38.6 Å². The van der Waals surface area contributed by atoms with Crippen LogP contribution in [0.25, 0.3) is 0 Å². The van der Waals surface area contributed by atoms with E-state index in [1.807, 2.05) is 0 Å². The highest BCUT2D eigenvalue weighted by Gasteiger charge is 2.53. The largest absolute Gasteiger partial charge is 0.507 e. The number of ketones is 2. The third kappa shape index (κ3) is 4.78. The molecule has 0 aliphatic carbocycles. The Morgan fingerprint density at radius 1 is 0.523 bits per heavy atom. The van der Waals surface area contributed by atoms with Crippen molar-refractivity contribution in [3.05, 3.63) is 95.1 Å². The number of phenols is 2. The molecule has 4 atom stereocenters. The molecule has 0 aromatic heterocycles. The molecule has 44 heavy (non-hydrogen) atoms. The van der Waals surface area contributed by atoms with Crippen LogP contribution in [0.2, 0.25) is 0 Å². The van der Waals surface area contributed by atoms with Crippen LogP contribution in [0.15, 0.2) is 72.8 Å². The van der Waals surface area contributed by atoms with Crippen LogP contribution in [0.3, 0.4) is 0 Å². The molecule has 2 heterocycles. The van der Waals surface area contributed by atoms with Crippen molar-refractivity contribution in [2.75, 3.05) is 28.4 Å². The minimum Gasteiger partial charge on any atom is -0.507 e. The zero-order chi connectivity index (χ0) is 31.1. The second-order valence-electron chi connectivity index (χ2n) is 10.4. The molecule has 2 aliphatic rings. The number of Topliss-reactive ketones (excluding diaryl/α,β-unsaturated/α-hetero) is 2. The van der Waals surface area contributed by atoms with Gasteiger partial charge in [0.05, 0.1) is 40.3 Å². The van der Waals surface area contributed by atoms with Crippen molar-refractivity contribution in [3.8, 4) is 46.0 Å². The van der Waals surface area contributed by atoms with Crippen LogP contribution >= 0.6 is 0 Å². The zero-order valence-corrected chi connectivity index (χ0v) is 24.4. The average Bonchev–Trinajstić information content (AvgIpc) is 3.04. The minimum atomic E-state index is -1.19. The maximum atomic E-state index is 14.5. The Morgan fingerprint density at radius 3 is 1.18 bits per heavy atom. The Bertz CT molecular complexity index is 1600. The molecule has 0 radical (unpaired) electrons. The number of hydrogen-bond donors (Lipinski definition) is 2. The van der Waals surface area contributed by atoms with E-state index in [-0.39, 0.29) is 34.1 Å². The molecule has 10 nitrogen and oxygen atoms in total. The van der Waals surface area contributed by atoms with E-state index in [4.69, 9.17) is 28.4 Å². The van der Waals surface area contributed by atoms with E-state index < -0.39 is 35.6 Å². The molecule has 0 saturated heterocycles. The highest BCUT2D eigenvalue weighted by Crippen LogP contribution is 2.53. The summed E-state index contributed by atoms with van der Waals surface area (Å²) in [6, 6.07) is 19.6. The molecule has 2 N–H and O–H groups in total. The monoisotopic (exact) mass is 598 g/mol. The summed E-state index contributed by atoms with van der Waals surface area (Å²) in [7, 11) is 5.96. The molecule has 0 fully saturated rings. The first-order valence-corrected chi connectivity index (χ1v) is 13.8. The quantitative estimate of drug-likeness (QED) is 0.273. The molecule has 2 aliphatic heterocycles. The number of carbonyl (C=O) groups excluding carboxylic acids is 2. The van der Waals surface area contributed by atoms with Gasteiger partial charge in [0.1, 0.15) is 69.3 Å². The van der Waals surface area contributed by atoms with Crippen molar-refractivity contribution >= 4 is 11.6 Å². The third-order valence-corrected chi connectivity index (χ3v) is 8.12. The number of ether oxygens (including phenoxy) is 6. The molecular weight excluding hydrogens is 568 g/mol. The molecule has 0 saturated carbocycles. The molecule has 10 heteroatoms. The van der Waals surface area contributed by atoms with E-state index in [0.717, 1.165) is 0 Å². The second-order valence-corrected chi connectivity index (χ2v) is 10.4. The lowest BCUT2D eigenvalue weighted by molar-refractivity contribution is 0.0129. The lowest BCUT2D eigenvalue weighted by atomic mass is 9.69. The van der Waals surface area contributed by atoms with E-state index in [1.54, 1.807) is 62.8 Å². The fraction of sp³-hybridized carbons (Fsp3) is 0.235. The van der Waals surface area contributed by atoms with Gasteiger partial charge in [0.15, 0.2) is 11.6 Å². The summed E-state index contributed by atoms with van der Waals surface area (Å²) in [5.41, 5.74) is 1.02. The minimum absolute atomic E-state index is 0.0772. The van der Waals surface area contributed by atoms with Gasteiger partial charge in [-0.2, -0.15) is 0 Å². The highest BCUT2D eigenvalue weighted by molar-refractivity contribution is 6.11. The summed E-state index contributed by atoms with van der Waals surface area (Å²) >= 11 is 0. The van der Waals surface area contributed by atoms with Crippen LogP contribution in [0, 0.1) is 11.8 Å². The standard InChI is InChI=1S/C34H30O10/c1-39-19-9-5-17(6-10-19)33-29(31(37)27-23(35)13-21(41-3)15-25(27)43-33)30-32(38)28-24(36)14-22(42-4)16-26(28)44-34(30)18-7-11-20(40-2)12-8-18/h5-16,29-30,33-36H,1-4H3/t29-,30+,33+,34-. The zero-order valence-electron chi connectivity index (χ0n) is 24.4. The Kier molecular flexibility index (Phi) is 7.42. The lowest BCUT2D eigenvalue weighted by Gasteiger charge is -2.42. The molecule has 0 bridgehead atoms. The predicted octanol–water partition coefficient (Wildman–Crippen LogP) is 5.70. The van der Waals surface area contributed by atoms with Crippen LogP contribution in [0.1, 0.15) is 44.1 Å². The maximum absolute atomic E-state index is 14.5.